The summed E-state index contributed by atoms with van der Waals surface area (Å²) in [6.45, 7) is 3.50. The summed E-state index contributed by atoms with van der Waals surface area (Å²) in [6, 6.07) is 6.58. The number of alkyl halides is 3. The number of rotatable bonds is 10. The van der Waals surface area contributed by atoms with Gasteiger partial charge in [-0.05, 0) is 92.9 Å². The fraction of sp³-hybridized carbons (Fsp3) is 0.500. The zero-order chi connectivity index (χ0) is 28.4. The topological polar surface area (TPSA) is 84.9 Å². The molecule has 13 heteroatoms. The fourth-order valence-electron chi connectivity index (χ4n) is 4.53. The van der Waals surface area contributed by atoms with Crippen LogP contribution in [0.5, 0.6) is 11.5 Å². The molecule has 0 radical (unpaired) electrons. The summed E-state index contributed by atoms with van der Waals surface area (Å²) < 4.78 is 87.9. The van der Waals surface area contributed by atoms with Crippen LogP contribution in [0.25, 0.3) is 0 Å². The minimum Gasteiger partial charge on any atom is -0.493 e. The van der Waals surface area contributed by atoms with Crippen LogP contribution in [0.3, 0.4) is 0 Å². The number of carbonyl (C=O) groups is 1. The Hall–Kier alpha value is -2.57. The van der Waals surface area contributed by atoms with Gasteiger partial charge in [0.15, 0.2) is 0 Å². The molecule has 1 saturated carbocycles. The molecule has 1 heterocycles. The number of hydrogen-bond acceptors (Lipinski definition) is 6. The SMILES string of the molecule is CCS(=O)(=O)NC(=O)c1cc(C2CC2)c(OCC2CCN(Cc3cc(Cl)cc(OC(F)(F)F)c3)CC2)cc1F. The highest BCUT2D eigenvalue weighted by Gasteiger charge is 2.32. The normalized spacial score (nSPS) is 17.2. The lowest BCUT2D eigenvalue weighted by atomic mass is 9.97. The summed E-state index contributed by atoms with van der Waals surface area (Å²) in [5, 5.41) is 0.157. The standard InChI is InChI=1S/C26H29ClF4N2O5S/c1-2-39(35,36)32-25(34)22-12-21(18-3-4-18)24(13-23(22)28)37-15-16-5-7-33(8-6-16)14-17-9-19(27)11-20(10-17)38-26(29,30)31/h9-13,16,18H,2-8,14-15H2,1H3,(H,32,34). The molecule has 39 heavy (non-hydrogen) atoms. The van der Waals surface area contributed by atoms with Gasteiger partial charge >= 0.3 is 6.36 Å². The second kappa shape index (κ2) is 11.9. The van der Waals surface area contributed by atoms with Gasteiger partial charge in [-0.1, -0.05) is 11.6 Å². The minimum absolute atomic E-state index is 0.126. The van der Waals surface area contributed by atoms with Crippen LogP contribution in [0.15, 0.2) is 30.3 Å². The molecule has 0 aromatic heterocycles. The summed E-state index contributed by atoms with van der Waals surface area (Å²) in [4.78, 5) is 14.5. The average molecular weight is 593 g/mol. The monoisotopic (exact) mass is 592 g/mol. The molecule has 0 spiro atoms. The van der Waals surface area contributed by atoms with Crippen molar-refractivity contribution in [3.63, 3.8) is 0 Å². The van der Waals surface area contributed by atoms with Crippen LogP contribution in [-0.4, -0.2) is 51.0 Å². The predicted octanol–water partition coefficient (Wildman–Crippen LogP) is 5.63. The Morgan fingerprint density at radius 2 is 1.79 bits per heavy atom. The largest absolute Gasteiger partial charge is 0.573 e. The van der Waals surface area contributed by atoms with Crippen molar-refractivity contribution < 1.29 is 40.2 Å². The van der Waals surface area contributed by atoms with Crippen LogP contribution in [0, 0.1) is 11.7 Å². The number of hydrogen-bond donors (Lipinski definition) is 1. The van der Waals surface area contributed by atoms with Gasteiger partial charge in [-0.15, -0.1) is 13.2 Å². The Balaban J connectivity index is 1.34. The van der Waals surface area contributed by atoms with Crippen molar-refractivity contribution in [2.75, 3.05) is 25.4 Å². The second-order valence-corrected chi connectivity index (χ2v) is 12.3. The number of piperidine rings is 1. The van der Waals surface area contributed by atoms with Crippen LogP contribution in [-0.2, 0) is 16.6 Å². The zero-order valence-electron chi connectivity index (χ0n) is 21.2. The molecule has 7 nitrogen and oxygen atoms in total. The summed E-state index contributed by atoms with van der Waals surface area (Å²) in [5.74, 6) is -1.87. The first kappa shape index (κ1) is 29.4. The van der Waals surface area contributed by atoms with Crippen molar-refractivity contribution >= 4 is 27.5 Å². The number of nitrogens with one attached hydrogen (secondary N) is 1. The number of benzene rings is 2. The Bertz CT molecular complexity index is 1310. The van der Waals surface area contributed by atoms with Gasteiger partial charge < -0.3 is 9.47 Å². The molecule has 1 aliphatic carbocycles. The Morgan fingerprint density at radius 3 is 2.41 bits per heavy atom. The lowest BCUT2D eigenvalue weighted by Gasteiger charge is -2.32. The molecule has 2 aromatic rings. The van der Waals surface area contributed by atoms with E-state index in [-0.39, 0.29) is 33.9 Å². The molecule has 1 saturated heterocycles. The molecule has 1 amide bonds. The van der Waals surface area contributed by atoms with Crippen molar-refractivity contribution in [1.29, 1.82) is 0 Å². The molecule has 2 aliphatic rings. The summed E-state index contributed by atoms with van der Waals surface area (Å²) in [5.41, 5.74) is 0.960. The van der Waals surface area contributed by atoms with Gasteiger partial charge in [0.25, 0.3) is 5.91 Å². The van der Waals surface area contributed by atoms with Gasteiger partial charge in [-0.25, -0.2) is 17.5 Å². The van der Waals surface area contributed by atoms with E-state index >= 15 is 0 Å². The number of amides is 1. The van der Waals surface area contributed by atoms with E-state index in [1.165, 1.54) is 19.1 Å². The molecule has 2 fully saturated rings. The second-order valence-electron chi connectivity index (χ2n) is 9.85. The lowest BCUT2D eigenvalue weighted by molar-refractivity contribution is -0.274. The van der Waals surface area contributed by atoms with E-state index < -0.39 is 28.1 Å². The molecule has 2 aromatic carbocycles. The number of sulfonamides is 1. The van der Waals surface area contributed by atoms with Crippen LogP contribution < -0.4 is 14.2 Å². The molecular formula is C26H29ClF4N2O5S. The average Bonchev–Trinajstić information content (AvgIpc) is 3.67. The highest BCUT2D eigenvalue weighted by atomic mass is 35.5. The third-order valence-electron chi connectivity index (χ3n) is 6.74. The number of carbonyl (C=O) groups excluding carboxylic acids is 1. The maximum absolute atomic E-state index is 14.8. The van der Waals surface area contributed by atoms with Crippen molar-refractivity contribution in [3.05, 3.63) is 57.9 Å². The van der Waals surface area contributed by atoms with Crippen LogP contribution >= 0.6 is 11.6 Å². The van der Waals surface area contributed by atoms with Gasteiger partial charge in [0.05, 0.1) is 17.9 Å². The maximum atomic E-state index is 14.8. The van der Waals surface area contributed by atoms with Crippen molar-refractivity contribution in [2.24, 2.45) is 5.92 Å². The Labute approximate surface area is 229 Å². The molecule has 1 N–H and O–H groups in total. The molecule has 1 aliphatic heterocycles. The van der Waals surface area contributed by atoms with Gasteiger partial charge in [0.1, 0.15) is 17.3 Å². The third kappa shape index (κ3) is 8.46. The van der Waals surface area contributed by atoms with E-state index in [2.05, 4.69) is 9.64 Å². The van der Waals surface area contributed by atoms with Crippen LogP contribution in [0.1, 0.15) is 60.0 Å². The lowest BCUT2D eigenvalue weighted by Crippen LogP contribution is -2.35. The highest BCUT2D eigenvalue weighted by Crippen LogP contribution is 2.45. The number of ether oxygens (including phenoxy) is 2. The predicted molar refractivity (Wildman–Crippen MR) is 137 cm³/mol. The van der Waals surface area contributed by atoms with E-state index in [0.29, 0.717) is 43.1 Å². The first-order valence-corrected chi connectivity index (χ1v) is 14.6. The van der Waals surface area contributed by atoms with E-state index in [1.54, 1.807) is 6.07 Å². The highest BCUT2D eigenvalue weighted by molar-refractivity contribution is 7.90. The van der Waals surface area contributed by atoms with Gasteiger partial charge in [-0.2, -0.15) is 0 Å². The Morgan fingerprint density at radius 1 is 1.10 bits per heavy atom. The van der Waals surface area contributed by atoms with Crippen molar-refractivity contribution in [3.8, 4) is 11.5 Å². The number of likely N-dealkylation sites (tertiary alicyclic amines) is 1. The van der Waals surface area contributed by atoms with Gasteiger partial charge in [-0.3, -0.25) is 9.69 Å². The first-order valence-electron chi connectivity index (χ1n) is 12.6. The maximum Gasteiger partial charge on any atom is 0.573 e. The summed E-state index contributed by atoms with van der Waals surface area (Å²) in [7, 11) is -3.83. The quantitative estimate of drug-likeness (QED) is 0.360. The van der Waals surface area contributed by atoms with E-state index in [4.69, 9.17) is 16.3 Å². The molecule has 0 unspecified atom stereocenters. The van der Waals surface area contributed by atoms with Crippen LogP contribution in [0.4, 0.5) is 17.6 Å². The van der Waals surface area contributed by atoms with E-state index in [9.17, 15) is 30.8 Å². The van der Waals surface area contributed by atoms with Gasteiger partial charge in [0.2, 0.25) is 10.0 Å². The van der Waals surface area contributed by atoms with Crippen LogP contribution in [0.2, 0.25) is 5.02 Å². The molecule has 214 valence electrons. The minimum atomic E-state index is -4.80. The summed E-state index contributed by atoms with van der Waals surface area (Å²) in [6.07, 6.45) is -1.53. The van der Waals surface area contributed by atoms with E-state index in [1.807, 2.05) is 4.72 Å². The Kier molecular flexibility index (Phi) is 8.97. The number of nitrogens with zero attached hydrogens (tertiary/aromatic N) is 1. The zero-order valence-corrected chi connectivity index (χ0v) is 22.8. The first-order chi connectivity index (χ1) is 18.3. The third-order valence-corrected chi connectivity index (χ3v) is 8.22. The fourth-order valence-corrected chi connectivity index (χ4v) is 5.32. The summed E-state index contributed by atoms with van der Waals surface area (Å²) >= 11 is 5.97. The smallest absolute Gasteiger partial charge is 0.493 e. The van der Waals surface area contributed by atoms with Crippen molar-refractivity contribution in [2.45, 2.75) is 51.4 Å². The van der Waals surface area contributed by atoms with Gasteiger partial charge in [0, 0.05) is 17.6 Å². The molecule has 0 bridgehead atoms. The molecular weight excluding hydrogens is 564 g/mol. The van der Waals surface area contributed by atoms with E-state index in [0.717, 1.165) is 37.8 Å². The molecule has 0 atom stereocenters. The van der Waals surface area contributed by atoms with Crippen molar-refractivity contribution in [1.82, 2.24) is 9.62 Å². The molecule has 4 rings (SSSR count). The number of halogens is 5.